The van der Waals surface area contributed by atoms with Crippen molar-refractivity contribution in [2.45, 2.75) is 52.6 Å². The number of ketones is 1. The molecule has 0 unspecified atom stereocenters. The fourth-order valence-electron chi connectivity index (χ4n) is 3.15. The molecule has 3 rings (SSSR count). The third-order valence-electron chi connectivity index (χ3n) is 4.93. The summed E-state index contributed by atoms with van der Waals surface area (Å²) in [7, 11) is 0. The first kappa shape index (κ1) is 12.5. The number of hydrogen-bond donors (Lipinski definition) is 1. The third kappa shape index (κ3) is 1.41. The van der Waals surface area contributed by atoms with Crippen molar-refractivity contribution in [2.75, 3.05) is 0 Å². The molecule has 19 heavy (non-hydrogen) atoms. The van der Waals surface area contributed by atoms with Crippen molar-refractivity contribution in [3.05, 3.63) is 28.2 Å². The van der Waals surface area contributed by atoms with Crippen LogP contribution in [0, 0.1) is 26.7 Å². The van der Waals surface area contributed by atoms with E-state index in [0.717, 1.165) is 36.3 Å². The van der Waals surface area contributed by atoms with E-state index in [2.05, 4.69) is 0 Å². The molecule has 3 nitrogen and oxygen atoms in total. The minimum absolute atomic E-state index is 0.0388. The maximum Gasteiger partial charge on any atom is 0.178 e. The number of carbonyl (C=O) groups excluding carboxylic acids is 1. The Morgan fingerprint density at radius 1 is 1.05 bits per heavy atom. The highest BCUT2D eigenvalue weighted by Gasteiger charge is 2.52. The lowest BCUT2D eigenvalue weighted by Crippen LogP contribution is -2.53. The van der Waals surface area contributed by atoms with Crippen molar-refractivity contribution in [3.8, 4) is 11.5 Å². The summed E-state index contributed by atoms with van der Waals surface area (Å²) in [5.41, 5.74) is 2.50. The molecule has 0 bridgehead atoms. The van der Waals surface area contributed by atoms with Crippen LogP contribution in [-0.2, 0) is 0 Å². The molecule has 1 aromatic rings. The highest BCUT2D eigenvalue weighted by molar-refractivity contribution is 6.12. The molecule has 3 heteroatoms. The van der Waals surface area contributed by atoms with E-state index in [-0.39, 0.29) is 17.1 Å². The highest BCUT2D eigenvalue weighted by atomic mass is 16.5. The zero-order valence-corrected chi connectivity index (χ0v) is 11.9. The summed E-state index contributed by atoms with van der Waals surface area (Å²) < 4.78 is 6.22. The Kier molecular flexibility index (Phi) is 2.47. The summed E-state index contributed by atoms with van der Waals surface area (Å²) in [4.78, 5) is 12.6. The molecule has 1 saturated carbocycles. The monoisotopic (exact) mass is 259 g/mol. The molecule has 0 aromatic heterocycles. The Hall–Kier alpha value is -1.51. The predicted octanol–water partition coefficient (Wildman–Crippen LogP) is 3.41. The number of Topliss-reactive ketones (excluding diaryl/α,β-unsaturated/α-hetero) is 1. The molecule has 1 N–H and O–H groups in total. The number of rotatable bonds is 0. The number of aromatic hydroxyl groups is 1. The summed E-state index contributed by atoms with van der Waals surface area (Å²) in [5.74, 6) is 1.72. The summed E-state index contributed by atoms with van der Waals surface area (Å²) in [5, 5.41) is 10.1. The van der Waals surface area contributed by atoms with Gasteiger partial charge in [-0.3, -0.25) is 4.79 Å². The van der Waals surface area contributed by atoms with E-state index in [4.69, 9.17) is 4.74 Å². The van der Waals surface area contributed by atoms with Gasteiger partial charge < -0.3 is 9.84 Å². The summed E-state index contributed by atoms with van der Waals surface area (Å²) in [6, 6.07) is 0. The molecule has 1 radical (unpaired) electrons. The van der Waals surface area contributed by atoms with Gasteiger partial charge in [0.1, 0.15) is 17.1 Å². The average molecular weight is 259 g/mol. The van der Waals surface area contributed by atoms with Crippen molar-refractivity contribution in [3.63, 3.8) is 0 Å². The second kappa shape index (κ2) is 3.75. The lowest BCUT2D eigenvalue weighted by Gasteiger charge is -2.49. The maximum atomic E-state index is 12.6. The largest absolute Gasteiger partial charge is 0.507 e. The molecule has 1 aliphatic carbocycles. The zero-order chi connectivity index (χ0) is 13.9. The van der Waals surface area contributed by atoms with Gasteiger partial charge in [0.15, 0.2) is 5.78 Å². The van der Waals surface area contributed by atoms with Crippen LogP contribution < -0.4 is 4.74 Å². The van der Waals surface area contributed by atoms with Gasteiger partial charge in [0.05, 0.1) is 11.5 Å². The molecule has 1 aromatic carbocycles. The Balaban J connectivity index is 2.26. The fourth-order valence-corrected chi connectivity index (χ4v) is 3.15. The van der Waals surface area contributed by atoms with E-state index < -0.39 is 0 Å². The van der Waals surface area contributed by atoms with Crippen molar-refractivity contribution in [2.24, 2.45) is 0 Å². The van der Waals surface area contributed by atoms with Crippen molar-refractivity contribution in [1.29, 1.82) is 0 Å². The first-order valence-electron chi connectivity index (χ1n) is 6.79. The number of carbonyl (C=O) groups is 1. The smallest absolute Gasteiger partial charge is 0.178 e. The van der Waals surface area contributed by atoms with Crippen LogP contribution in [0.3, 0.4) is 0 Å². The van der Waals surface area contributed by atoms with Crippen LogP contribution in [0.1, 0.15) is 53.2 Å². The molecule has 1 spiro atoms. The SMILES string of the molecule is C[C]1C(=O)c2c(C)c(O)c(C)c(C)c2OC12CCC2. The van der Waals surface area contributed by atoms with Crippen LogP contribution in [0.2, 0.25) is 0 Å². The molecule has 0 atom stereocenters. The molecule has 101 valence electrons. The number of hydrogen-bond acceptors (Lipinski definition) is 3. The van der Waals surface area contributed by atoms with Crippen LogP contribution >= 0.6 is 0 Å². The summed E-state index contributed by atoms with van der Waals surface area (Å²) in [6.07, 6.45) is 2.94. The van der Waals surface area contributed by atoms with E-state index in [1.807, 2.05) is 20.8 Å². The second-order valence-electron chi connectivity index (χ2n) is 5.83. The summed E-state index contributed by atoms with van der Waals surface area (Å²) in [6.45, 7) is 7.43. The van der Waals surface area contributed by atoms with Gasteiger partial charge >= 0.3 is 0 Å². The lowest BCUT2D eigenvalue weighted by atomic mass is 9.67. The van der Waals surface area contributed by atoms with Gasteiger partial charge in [-0.1, -0.05) is 0 Å². The number of ether oxygens (including phenoxy) is 1. The average Bonchev–Trinajstić information content (AvgIpc) is 2.35. The van der Waals surface area contributed by atoms with Gasteiger partial charge in [-0.15, -0.1) is 0 Å². The van der Waals surface area contributed by atoms with Gasteiger partial charge in [-0.2, -0.15) is 0 Å². The van der Waals surface area contributed by atoms with Gasteiger partial charge in [-0.05, 0) is 58.1 Å². The fraction of sp³-hybridized carbons (Fsp3) is 0.500. The molecular formula is C16H19O3. The predicted molar refractivity (Wildman–Crippen MR) is 72.8 cm³/mol. The van der Waals surface area contributed by atoms with Crippen LogP contribution in [-0.4, -0.2) is 16.5 Å². The van der Waals surface area contributed by atoms with E-state index in [0.29, 0.717) is 16.9 Å². The van der Waals surface area contributed by atoms with Crippen LogP contribution in [0.5, 0.6) is 11.5 Å². The van der Waals surface area contributed by atoms with E-state index in [1.54, 1.807) is 6.92 Å². The molecule has 2 aliphatic rings. The molecular weight excluding hydrogens is 240 g/mol. The number of phenolic OH excluding ortho intramolecular Hbond substituents is 1. The van der Waals surface area contributed by atoms with Crippen LogP contribution in [0.25, 0.3) is 0 Å². The quantitative estimate of drug-likeness (QED) is 0.776. The van der Waals surface area contributed by atoms with Gasteiger partial charge in [0, 0.05) is 5.56 Å². The number of phenols is 1. The highest BCUT2D eigenvalue weighted by Crippen LogP contribution is 2.52. The van der Waals surface area contributed by atoms with Crippen molar-refractivity contribution >= 4 is 5.78 Å². The van der Waals surface area contributed by atoms with Gasteiger partial charge in [0.25, 0.3) is 0 Å². The Labute approximate surface area is 113 Å². The summed E-state index contributed by atoms with van der Waals surface area (Å²) >= 11 is 0. The second-order valence-corrected chi connectivity index (χ2v) is 5.83. The van der Waals surface area contributed by atoms with Crippen LogP contribution in [0.15, 0.2) is 0 Å². The van der Waals surface area contributed by atoms with Gasteiger partial charge in [-0.25, -0.2) is 0 Å². The van der Waals surface area contributed by atoms with Crippen molar-refractivity contribution in [1.82, 2.24) is 0 Å². The van der Waals surface area contributed by atoms with Gasteiger partial charge in [0.2, 0.25) is 0 Å². The number of fused-ring (bicyclic) bond motifs is 1. The maximum absolute atomic E-state index is 12.6. The first-order valence-corrected chi connectivity index (χ1v) is 6.79. The molecule has 1 fully saturated rings. The normalized spacial score (nSPS) is 20.9. The van der Waals surface area contributed by atoms with Crippen LogP contribution in [0.4, 0.5) is 0 Å². The van der Waals surface area contributed by atoms with Crippen molar-refractivity contribution < 1.29 is 14.6 Å². The van der Waals surface area contributed by atoms with E-state index in [9.17, 15) is 9.90 Å². The molecule has 0 saturated heterocycles. The standard InChI is InChI=1S/C16H19O3/c1-8-9(2)15-12(10(3)13(8)17)14(18)11(4)16(19-15)6-5-7-16/h17H,5-7H2,1-4H3. The zero-order valence-electron chi connectivity index (χ0n) is 11.9. The molecule has 1 heterocycles. The van der Waals surface area contributed by atoms with E-state index >= 15 is 0 Å². The first-order chi connectivity index (χ1) is 8.89. The van der Waals surface area contributed by atoms with E-state index in [1.165, 1.54) is 0 Å². The molecule has 1 aliphatic heterocycles. The minimum Gasteiger partial charge on any atom is -0.507 e. The minimum atomic E-state index is -0.370. The molecule has 0 amide bonds. The number of benzene rings is 1. The Morgan fingerprint density at radius 3 is 2.21 bits per heavy atom. The Morgan fingerprint density at radius 2 is 1.68 bits per heavy atom. The lowest BCUT2D eigenvalue weighted by molar-refractivity contribution is -0.00109. The third-order valence-corrected chi connectivity index (χ3v) is 4.93. The topological polar surface area (TPSA) is 46.5 Å². The Bertz CT molecular complexity index is 582.